The molecule has 0 spiro atoms. The summed E-state index contributed by atoms with van der Waals surface area (Å²) in [5.74, 6) is 0.805. The fraction of sp³-hybridized carbons (Fsp3) is 0.286. The van der Waals surface area contributed by atoms with Gasteiger partial charge < -0.3 is 10.6 Å². The fourth-order valence-electron chi connectivity index (χ4n) is 3.05. The maximum absolute atomic E-state index is 4.30. The highest BCUT2D eigenvalue weighted by molar-refractivity contribution is 5.79. The minimum atomic E-state index is 0.709. The number of aliphatic imine (C=N–C) groups is 1. The molecule has 3 aromatic rings. The van der Waals surface area contributed by atoms with Crippen LogP contribution in [0.3, 0.4) is 0 Å². The van der Waals surface area contributed by atoms with E-state index in [0.717, 1.165) is 24.6 Å². The SMILES string of the molecule is CN=C(NCCc1cc(C)cc(C)c1)NCc1ccc(-n2cncn2)cc1. The summed E-state index contributed by atoms with van der Waals surface area (Å²) in [5.41, 5.74) is 6.13. The molecule has 0 radical (unpaired) electrons. The van der Waals surface area contributed by atoms with Crippen molar-refractivity contribution in [1.29, 1.82) is 0 Å². The highest BCUT2D eigenvalue weighted by atomic mass is 15.3. The number of hydrogen-bond donors (Lipinski definition) is 2. The molecule has 0 fully saturated rings. The molecule has 0 saturated carbocycles. The molecule has 2 N–H and O–H groups in total. The van der Waals surface area contributed by atoms with E-state index in [1.165, 1.54) is 28.6 Å². The predicted molar refractivity (Wildman–Crippen MR) is 109 cm³/mol. The summed E-state index contributed by atoms with van der Waals surface area (Å²) in [6, 6.07) is 14.9. The number of nitrogens with one attached hydrogen (secondary N) is 2. The van der Waals surface area contributed by atoms with Gasteiger partial charge in [-0.25, -0.2) is 9.67 Å². The van der Waals surface area contributed by atoms with Crippen LogP contribution in [-0.4, -0.2) is 34.3 Å². The first kappa shape index (κ1) is 18.6. The monoisotopic (exact) mass is 362 g/mol. The van der Waals surface area contributed by atoms with E-state index in [2.05, 4.69) is 69.9 Å². The van der Waals surface area contributed by atoms with Crippen molar-refractivity contribution in [3.63, 3.8) is 0 Å². The van der Waals surface area contributed by atoms with Gasteiger partial charge in [-0.3, -0.25) is 4.99 Å². The quantitative estimate of drug-likeness (QED) is 0.523. The molecule has 140 valence electrons. The normalized spacial score (nSPS) is 11.4. The third-order valence-electron chi connectivity index (χ3n) is 4.29. The molecule has 0 unspecified atom stereocenters. The second kappa shape index (κ2) is 8.98. The molecule has 1 aromatic heterocycles. The van der Waals surface area contributed by atoms with Crippen LogP contribution < -0.4 is 10.6 Å². The van der Waals surface area contributed by atoms with Gasteiger partial charge in [0.25, 0.3) is 0 Å². The van der Waals surface area contributed by atoms with Gasteiger partial charge >= 0.3 is 0 Å². The zero-order chi connectivity index (χ0) is 19.1. The van der Waals surface area contributed by atoms with Crippen molar-refractivity contribution in [3.05, 3.63) is 77.4 Å². The minimum Gasteiger partial charge on any atom is -0.356 e. The van der Waals surface area contributed by atoms with Crippen molar-refractivity contribution in [2.75, 3.05) is 13.6 Å². The second-order valence-electron chi connectivity index (χ2n) is 6.61. The summed E-state index contributed by atoms with van der Waals surface area (Å²) in [6.07, 6.45) is 4.19. The van der Waals surface area contributed by atoms with Crippen LogP contribution in [0.1, 0.15) is 22.3 Å². The Morgan fingerprint density at radius 1 is 1.00 bits per heavy atom. The van der Waals surface area contributed by atoms with Gasteiger partial charge in [0, 0.05) is 20.1 Å². The number of aryl methyl sites for hydroxylation is 2. The highest BCUT2D eigenvalue weighted by Crippen LogP contribution is 2.09. The topological polar surface area (TPSA) is 67.1 Å². The summed E-state index contributed by atoms with van der Waals surface area (Å²) in [4.78, 5) is 8.27. The molecule has 2 aromatic carbocycles. The van der Waals surface area contributed by atoms with Gasteiger partial charge in [0.05, 0.1) is 5.69 Å². The van der Waals surface area contributed by atoms with Crippen LogP contribution in [0, 0.1) is 13.8 Å². The molecule has 6 nitrogen and oxygen atoms in total. The molecule has 0 atom stereocenters. The van der Waals surface area contributed by atoms with Crippen molar-refractivity contribution >= 4 is 5.96 Å². The lowest BCUT2D eigenvalue weighted by molar-refractivity contribution is 0.793. The average molecular weight is 362 g/mol. The lowest BCUT2D eigenvalue weighted by atomic mass is 10.1. The Labute approximate surface area is 160 Å². The van der Waals surface area contributed by atoms with Gasteiger partial charge in [-0.15, -0.1) is 0 Å². The minimum absolute atomic E-state index is 0.709. The van der Waals surface area contributed by atoms with E-state index in [4.69, 9.17) is 0 Å². The van der Waals surface area contributed by atoms with Crippen LogP contribution in [0.25, 0.3) is 5.69 Å². The Morgan fingerprint density at radius 3 is 2.37 bits per heavy atom. The zero-order valence-corrected chi connectivity index (χ0v) is 16.1. The molecule has 0 aliphatic rings. The number of aromatic nitrogens is 3. The molecular formula is C21H26N6. The molecule has 3 rings (SSSR count). The third-order valence-corrected chi connectivity index (χ3v) is 4.29. The molecule has 0 aliphatic heterocycles. The van der Waals surface area contributed by atoms with Gasteiger partial charge in [0.1, 0.15) is 12.7 Å². The van der Waals surface area contributed by atoms with E-state index in [1.54, 1.807) is 18.1 Å². The molecule has 27 heavy (non-hydrogen) atoms. The van der Waals surface area contributed by atoms with E-state index in [1.807, 2.05) is 12.1 Å². The largest absolute Gasteiger partial charge is 0.356 e. The van der Waals surface area contributed by atoms with Crippen molar-refractivity contribution in [3.8, 4) is 5.69 Å². The van der Waals surface area contributed by atoms with Crippen molar-refractivity contribution in [2.24, 2.45) is 4.99 Å². The summed E-state index contributed by atoms with van der Waals surface area (Å²) in [5, 5.41) is 10.9. The van der Waals surface area contributed by atoms with E-state index in [-0.39, 0.29) is 0 Å². The number of benzene rings is 2. The maximum atomic E-state index is 4.30. The highest BCUT2D eigenvalue weighted by Gasteiger charge is 2.01. The Bertz CT molecular complexity index is 861. The van der Waals surface area contributed by atoms with Crippen LogP contribution in [0.4, 0.5) is 0 Å². The van der Waals surface area contributed by atoms with Gasteiger partial charge in [-0.2, -0.15) is 5.10 Å². The Kier molecular flexibility index (Phi) is 6.20. The fourth-order valence-corrected chi connectivity index (χ4v) is 3.05. The van der Waals surface area contributed by atoms with E-state index in [9.17, 15) is 0 Å². The van der Waals surface area contributed by atoms with Gasteiger partial charge in [-0.1, -0.05) is 41.5 Å². The molecule has 0 bridgehead atoms. The zero-order valence-electron chi connectivity index (χ0n) is 16.1. The predicted octanol–water partition coefficient (Wildman–Crippen LogP) is 2.79. The summed E-state index contributed by atoms with van der Waals surface area (Å²) in [6.45, 7) is 5.83. The molecule has 0 aliphatic carbocycles. The molecule has 1 heterocycles. The first-order valence-corrected chi connectivity index (χ1v) is 9.09. The molecule has 6 heteroatoms. The Morgan fingerprint density at radius 2 is 1.74 bits per heavy atom. The lowest BCUT2D eigenvalue weighted by Gasteiger charge is -2.13. The van der Waals surface area contributed by atoms with Crippen LogP contribution in [0.2, 0.25) is 0 Å². The summed E-state index contributed by atoms with van der Waals surface area (Å²) >= 11 is 0. The molecular weight excluding hydrogens is 336 g/mol. The van der Waals surface area contributed by atoms with E-state index >= 15 is 0 Å². The van der Waals surface area contributed by atoms with Gasteiger partial charge in [-0.05, 0) is 43.5 Å². The molecule has 0 saturated heterocycles. The first-order valence-electron chi connectivity index (χ1n) is 9.09. The van der Waals surface area contributed by atoms with Crippen LogP contribution in [-0.2, 0) is 13.0 Å². The number of hydrogen-bond acceptors (Lipinski definition) is 3. The Hall–Kier alpha value is -3.15. The second-order valence-corrected chi connectivity index (χ2v) is 6.61. The summed E-state index contributed by atoms with van der Waals surface area (Å²) < 4.78 is 1.74. The number of nitrogens with zero attached hydrogens (tertiary/aromatic N) is 4. The average Bonchev–Trinajstić information content (AvgIpc) is 3.19. The maximum Gasteiger partial charge on any atom is 0.191 e. The van der Waals surface area contributed by atoms with E-state index in [0.29, 0.717) is 6.54 Å². The molecule has 0 amide bonds. The van der Waals surface area contributed by atoms with Crippen LogP contribution in [0.15, 0.2) is 60.1 Å². The van der Waals surface area contributed by atoms with Gasteiger partial charge in [0.2, 0.25) is 0 Å². The van der Waals surface area contributed by atoms with Crippen molar-refractivity contribution in [1.82, 2.24) is 25.4 Å². The van der Waals surface area contributed by atoms with E-state index < -0.39 is 0 Å². The van der Waals surface area contributed by atoms with Crippen LogP contribution in [0.5, 0.6) is 0 Å². The van der Waals surface area contributed by atoms with Crippen molar-refractivity contribution < 1.29 is 0 Å². The third kappa shape index (κ3) is 5.41. The summed E-state index contributed by atoms with van der Waals surface area (Å²) in [7, 11) is 1.79. The standard InChI is InChI=1S/C21H26N6/c1-16-10-17(2)12-19(11-16)8-9-24-21(22-3)25-13-18-4-6-20(7-5-18)27-15-23-14-26-27/h4-7,10-12,14-15H,8-9,13H2,1-3H3,(H2,22,24,25). The van der Waals surface area contributed by atoms with Crippen molar-refractivity contribution in [2.45, 2.75) is 26.8 Å². The number of guanidine groups is 1. The smallest absolute Gasteiger partial charge is 0.191 e. The van der Waals surface area contributed by atoms with Crippen LogP contribution >= 0.6 is 0 Å². The Balaban J connectivity index is 1.47. The van der Waals surface area contributed by atoms with Gasteiger partial charge in [0.15, 0.2) is 5.96 Å². The lowest BCUT2D eigenvalue weighted by Crippen LogP contribution is -2.37. The first-order chi connectivity index (χ1) is 13.1. The number of rotatable bonds is 6.